The number of alkyl halides is 3. The molecule has 1 unspecified atom stereocenters. The summed E-state index contributed by atoms with van der Waals surface area (Å²) in [6.07, 6.45) is -3.48. The van der Waals surface area contributed by atoms with Gasteiger partial charge in [-0.3, -0.25) is 4.79 Å². The first kappa shape index (κ1) is 30.2. The van der Waals surface area contributed by atoms with Gasteiger partial charge in [-0.15, -0.1) is 0 Å². The molecule has 4 aromatic carbocycles. The fraction of sp³-hybridized carbons (Fsp3) is 0.242. The Hall–Kier alpha value is -3.81. The van der Waals surface area contributed by atoms with Crippen molar-refractivity contribution in [2.75, 3.05) is 13.2 Å². The van der Waals surface area contributed by atoms with Gasteiger partial charge in [0, 0.05) is 12.0 Å². The van der Waals surface area contributed by atoms with Crippen LogP contribution in [0.15, 0.2) is 103 Å². The van der Waals surface area contributed by atoms with Gasteiger partial charge in [0.05, 0.1) is 23.6 Å². The molecule has 0 aliphatic carbocycles. The Bertz CT molecular complexity index is 1380. The molecule has 0 saturated heterocycles. The Kier molecular flexibility index (Phi) is 10.4. The van der Waals surface area contributed by atoms with E-state index in [0.29, 0.717) is 30.9 Å². The van der Waals surface area contributed by atoms with Gasteiger partial charge in [-0.25, -0.2) is 0 Å². The second kappa shape index (κ2) is 14.2. The van der Waals surface area contributed by atoms with Gasteiger partial charge >= 0.3 is 6.18 Å². The van der Waals surface area contributed by atoms with Gasteiger partial charge in [-0.05, 0) is 59.8 Å². The third-order valence-electron chi connectivity index (χ3n) is 6.82. The lowest BCUT2D eigenvalue weighted by Gasteiger charge is -2.30. The van der Waals surface area contributed by atoms with E-state index in [1.165, 1.54) is 6.07 Å². The van der Waals surface area contributed by atoms with Crippen LogP contribution in [0.1, 0.15) is 40.2 Å². The van der Waals surface area contributed by atoms with Gasteiger partial charge in [-0.1, -0.05) is 96.5 Å². The van der Waals surface area contributed by atoms with Crippen LogP contribution < -0.4 is 15.8 Å². The summed E-state index contributed by atoms with van der Waals surface area (Å²) in [5.41, 5.74) is 7.75. The maximum Gasteiger partial charge on any atom is 0.417 e. The minimum Gasteiger partial charge on any atom is -0.494 e. The Labute approximate surface area is 243 Å². The minimum atomic E-state index is -4.54. The van der Waals surface area contributed by atoms with E-state index in [9.17, 15) is 18.0 Å². The first-order chi connectivity index (χ1) is 19.7. The van der Waals surface area contributed by atoms with Crippen LogP contribution in [-0.4, -0.2) is 25.1 Å². The highest BCUT2D eigenvalue weighted by molar-refractivity contribution is 6.32. The molecule has 0 radical (unpaired) electrons. The number of nitrogens with two attached hydrogens (primary N) is 1. The van der Waals surface area contributed by atoms with Crippen LogP contribution >= 0.6 is 11.6 Å². The fourth-order valence-electron chi connectivity index (χ4n) is 4.98. The van der Waals surface area contributed by atoms with Gasteiger partial charge in [-0.2, -0.15) is 13.2 Å². The lowest BCUT2D eigenvalue weighted by Crippen LogP contribution is -2.38. The van der Waals surface area contributed by atoms with Crippen LogP contribution in [0.2, 0.25) is 5.02 Å². The van der Waals surface area contributed by atoms with Gasteiger partial charge in [0.25, 0.3) is 0 Å². The Balaban J connectivity index is 1.55. The third-order valence-corrected chi connectivity index (χ3v) is 7.26. The van der Waals surface area contributed by atoms with Crippen molar-refractivity contribution in [2.45, 2.75) is 37.4 Å². The fourth-order valence-corrected chi connectivity index (χ4v) is 5.29. The number of benzene rings is 4. The SMILES string of the molecule is NC(=O)Cc1cccc(OCCCNC(Cc2cccc(C(F)(F)F)c2Cl)C(c2ccccc2)c2ccccc2)c1. The number of primary amides is 1. The molecule has 0 heterocycles. The molecule has 0 spiro atoms. The topological polar surface area (TPSA) is 64.4 Å². The summed E-state index contributed by atoms with van der Waals surface area (Å²) in [6, 6.07) is 30.9. The molecular weight excluding hydrogens is 549 g/mol. The number of halogens is 4. The lowest BCUT2D eigenvalue weighted by molar-refractivity contribution is -0.137. The number of ether oxygens (including phenoxy) is 1. The van der Waals surface area contributed by atoms with Crippen LogP contribution in [0.3, 0.4) is 0 Å². The van der Waals surface area contributed by atoms with Crippen molar-refractivity contribution in [3.05, 3.63) is 136 Å². The van der Waals surface area contributed by atoms with Crippen molar-refractivity contribution < 1.29 is 22.7 Å². The summed E-state index contributed by atoms with van der Waals surface area (Å²) in [7, 11) is 0. The molecule has 41 heavy (non-hydrogen) atoms. The van der Waals surface area contributed by atoms with Gasteiger partial charge < -0.3 is 15.8 Å². The molecule has 0 fully saturated rings. The smallest absolute Gasteiger partial charge is 0.417 e. The quantitative estimate of drug-likeness (QED) is 0.165. The van der Waals surface area contributed by atoms with Crippen LogP contribution in [0.4, 0.5) is 13.2 Å². The molecule has 214 valence electrons. The van der Waals surface area contributed by atoms with E-state index in [2.05, 4.69) is 5.32 Å². The predicted molar refractivity (Wildman–Crippen MR) is 156 cm³/mol. The van der Waals surface area contributed by atoms with Gasteiger partial charge in [0.15, 0.2) is 0 Å². The first-order valence-electron chi connectivity index (χ1n) is 13.4. The van der Waals surface area contributed by atoms with Crippen molar-refractivity contribution in [3.63, 3.8) is 0 Å². The Morgan fingerprint density at radius 3 is 2.12 bits per heavy atom. The highest BCUT2D eigenvalue weighted by Gasteiger charge is 2.34. The number of hydrogen-bond acceptors (Lipinski definition) is 3. The first-order valence-corrected chi connectivity index (χ1v) is 13.8. The molecule has 4 nitrogen and oxygen atoms in total. The van der Waals surface area contributed by atoms with Crippen molar-refractivity contribution in [3.8, 4) is 5.75 Å². The molecule has 0 aromatic heterocycles. The zero-order chi connectivity index (χ0) is 29.2. The largest absolute Gasteiger partial charge is 0.494 e. The summed E-state index contributed by atoms with van der Waals surface area (Å²) in [4.78, 5) is 11.2. The molecule has 0 bridgehead atoms. The minimum absolute atomic E-state index is 0.138. The molecule has 1 atom stereocenters. The van der Waals surface area contributed by atoms with E-state index >= 15 is 0 Å². The Morgan fingerprint density at radius 2 is 1.51 bits per heavy atom. The monoisotopic (exact) mass is 580 g/mol. The van der Waals surface area contributed by atoms with E-state index < -0.39 is 17.6 Å². The highest BCUT2D eigenvalue weighted by atomic mass is 35.5. The summed E-state index contributed by atoms with van der Waals surface area (Å²) in [5.74, 6) is 0.0848. The highest BCUT2D eigenvalue weighted by Crippen LogP contribution is 2.38. The zero-order valence-electron chi connectivity index (χ0n) is 22.4. The number of amides is 1. The van der Waals surface area contributed by atoms with Gasteiger partial charge in [0.1, 0.15) is 5.75 Å². The summed E-state index contributed by atoms with van der Waals surface area (Å²) in [6.45, 7) is 0.962. The summed E-state index contributed by atoms with van der Waals surface area (Å²) in [5, 5.41) is 3.32. The van der Waals surface area contributed by atoms with E-state index in [1.54, 1.807) is 12.1 Å². The van der Waals surface area contributed by atoms with Crippen molar-refractivity contribution in [2.24, 2.45) is 5.73 Å². The van der Waals surface area contributed by atoms with Crippen molar-refractivity contribution in [1.29, 1.82) is 0 Å². The molecule has 4 rings (SSSR count). The average molecular weight is 581 g/mol. The standard InChI is InChI=1S/C33H32ClF3N2O2/c34-32-26(15-8-17-28(32)33(35,36)37)22-29(31(24-11-3-1-4-12-24)25-13-5-2-6-14-25)39-18-9-19-41-27-16-7-10-23(20-27)21-30(38)40/h1-8,10-17,20,29,31,39H,9,18-19,21-22H2,(H2,38,40). The van der Waals surface area contributed by atoms with Crippen LogP contribution in [0.5, 0.6) is 5.75 Å². The van der Waals surface area contributed by atoms with Crippen LogP contribution in [-0.2, 0) is 23.8 Å². The predicted octanol–water partition coefficient (Wildman–Crippen LogP) is 7.19. The third kappa shape index (κ3) is 8.59. The van der Waals surface area contributed by atoms with Crippen LogP contribution in [0, 0.1) is 0 Å². The van der Waals surface area contributed by atoms with E-state index in [-0.39, 0.29) is 29.8 Å². The number of nitrogens with one attached hydrogen (secondary N) is 1. The zero-order valence-corrected chi connectivity index (χ0v) is 23.2. The average Bonchev–Trinajstić information content (AvgIpc) is 2.94. The summed E-state index contributed by atoms with van der Waals surface area (Å²) >= 11 is 6.33. The van der Waals surface area contributed by atoms with Crippen molar-refractivity contribution >= 4 is 17.5 Å². The molecule has 0 aliphatic heterocycles. The van der Waals surface area contributed by atoms with Crippen molar-refractivity contribution in [1.82, 2.24) is 5.32 Å². The maximum absolute atomic E-state index is 13.6. The van der Waals surface area contributed by atoms with E-state index in [0.717, 1.165) is 22.8 Å². The molecule has 0 saturated carbocycles. The Morgan fingerprint density at radius 1 is 0.878 bits per heavy atom. The van der Waals surface area contributed by atoms with E-state index in [4.69, 9.17) is 22.1 Å². The van der Waals surface area contributed by atoms with Gasteiger partial charge in [0.2, 0.25) is 5.91 Å². The van der Waals surface area contributed by atoms with Crippen LogP contribution in [0.25, 0.3) is 0 Å². The number of carbonyl (C=O) groups excluding carboxylic acids is 1. The van der Waals surface area contributed by atoms with E-state index in [1.807, 2.05) is 78.9 Å². The molecule has 0 aliphatic rings. The molecule has 4 aromatic rings. The molecule has 1 amide bonds. The molecule has 8 heteroatoms. The maximum atomic E-state index is 13.6. The second-order valence-corrected chi connectivity index (χ2v) is 10.2. The molecular formula is C33H32ClF3N2O2. The number of hydrogen-bond donors (Lipinski definition) is 2. The molecule has 3 N–H and O–H groups in total. The normalized spacial score (nSPS) is 12.3. The number of rotatable bonds is 13. The lowest BCUT2D eigenvalue weighted by atomic mass is 9.82. The second-order valence-electron chi connectivity index (χ2n) is 9.83. The summed E-state index contributed by atoms with van der Waals surface area (Å²) < 4.78 is 46.8. The number of carbonyl (C=O) groups is 1.